The third kappa shape index (κ3) is 5.67. The van der Waals surface area contributed by atoms with Gasteiger partial charge in [0, 0.05) is 5.56 Å². The maximum Gasteiger partial charge on any atom is 0.338 e. The molecule has 0 unspecified atom stereocenters. The van der Waals surface area contributed by atoms with Gasteiger partial charge < -0.3 is 14.2 Å². The normalized spacial score (nSPS) is 14.9. The van der Waals surface area contributed by atoms with Crippen molar-refractivity contribution in [3.05, 3.63) is 120 Å². The molecule has 3 aromatic carbocycles. The summed E-state index contributed by atoms with van der Waals surface area (Å²) in [5.41, 5.74) is 4.14. The summed E-state index contributed by atoms with van der Waals surface area (Å²) in [5, 5.41) is 0. The Morgan fingerprint density at radius 2 is 1.74 bits per heavy atom. The molecule has 0 N–H and O–H groups in total. The molecule has 0 aliphatic carbocycles. The van der Waals surface area contributed by atoms with Gasteiger partial charge in [-0.1, -0.05) is 85.8 Å². The van der Waals surface area contributed by atoms with E-state index in [2.05, 4.69) is 13.8 Å². The fourth-order valence-corrected chi connectivity index (χ4v) is 6.02. The number of rotatable bonds is 9. The molecule has 0 fully saturated rings. The Labute approximate surface area is 249 Å². The topological polar surface area (TPSA) is 79.1 Å². The number of thiazole rings is 1. The van der Waals surface area contributed by atoms with E-state index < -0.39 is 12.0 Å². The summed E-state index contributed by atoms with van der Waals surface area (Å²) in [4.78, 5) is 33.2. The Morgan fingerprint density at radius 1 is 1.00 bits per heavy atom. The summed E-state index contributed by atoms with van der Waals surface area (Å²) in [6, 6.07) is 22.5. The summed E-state index contributed by atoms with van der Waals surface area (Å²) < 4.78 is 18.8. The number of hydrogen-bond donors (Lipinski definition) is 0. The summed E-state index contributed by atoms with van der Waals surface area (Å²) >= 11 is 1.29. The van der Waals surface area contributed by atoms with Crippen LogP contribution in [0.3, 0.4) is 0 Å². The highest BCUT2D eigenvalue weighted by Gasteiger charge is 2.35. The van der Waals surface area contributed by atoms with Gasteiger partial charge in [0.05, 0.1) is 42.2 Å². The van der Waals surface area contributed by atoms with Crippen LogP contribution in [0.15, 0.2) is 88.2 Å². The first-order chi connectivity index (χ1) is 20.4. The highest BCUT2D eigenvalue weighted by molar-refractivity contribution is 7.07. The lowest BCUT2D eigenvalue weighted by Crippen LogP contribution is -2.40. The number of ether oxygens (including phenoxy) is 3. The maximum absolute atomic E-state index is 14.1. The Morgan fingerprint density at radius 3 is 2.38 bits per heavy atom. The molecule has 0 bridgehead atoms. The second-order valence-electron chi connectivity index (χ2n) is 10.1. The van der Waals surface area contributed by atoms with Crippen LogP contribution in [0.5, 0.6) is 11.5 Å². The second-order valence-corrected chi connectivity index (χ2v) is 11.1. The van der Waals surface area contributed by atoms with Crippen molar-refractivity contribution < 1.29 is 19.0 Å². The van der Waals surface area contributed by atoms with Crippen LogP contribution in [0.25, 0.3) is 11.8 Å². The van der Waals surface area contributed by atoms with E-state index in [1.807, 2.05) is 85.8 Å². The average molecular weight is 583 g/mol. The lowest BCUT2D eigenvalue weighted by Gasteiger charge is -2.26. The fourth-order valence-electron chi connectivity index (χ4n) is 5.02. The van der Waals surface area contributed by atoms with E-state index in [0.29, 0.717) is 44.6 Å². The van der Waals surface area contributed by atoms with Crippen molar-refractivity contribution in [1.82, 2.24) is 4.57 Å². The quantitative estimate of drug-likeness (QED) is 0.245. The van der Waals surface area contributed by atoms with Crippen molar-refractivity contribution in [2.45, 2.75) is 39.7 Å². The minimum Gasteiger partial charge on any atom is -0.493 e. The zero-order valence-corrected chi connectivity index (χ0v) is 25.2. The number of benzene rings is 3. The van der Waals surface area contributed by atoms with Crippen molar-refractivity contribution in [3.63, 3.8) is 0 Å². The van der Waals surface area contributed by atoms with Crippen LogP contribution in [0.1, 0.15) is 61.9 Å². The van der Waals surface area contributed by atoms with E-state index in [0.717, 1.165) is 16.7 Å². The first-order valence-corrected chi connectivity index (χ1v) is 14.9. The largest absolute Gasteiger partial charge is 0.493 e. The number of fused-ring (bicyclic) bond motifs is 1. The summed E-state index contributed by atoms with van der Waals surface area (Å²) in [5.74, 6) is 1.06. The third-order valence-corrected chi connectivity index (χ3v) is 8.06. The monoisotopic (exact) mass is 582 g/mol. The highest BCUT2D eigenvalue weighted by atomic mass is 32.1. The van der Waals surface area contributed by atoms with Gasteiger partial charge in [0.25, 0.3) is 5.56 Å². The summed E-state index contributed by atoms with van der Waals surface area (Å²) in [7, 11) is 1.59. The van der Waals surface area contributed by atoms with Gasteiger partial charge in [-0.05, 0) is 54.7 Å². The molecule has 0 amide bonds. The SMILES string of the molecule is CCOC(=O)C1=C(c2ccccc2)N=c2s/c(=C\c3ccc(OC)c(OCC)c3)c(=O)n2[C@@H]1c1ccc(C(C)C)cc1. The number of nitrogens with zero attached hydrogens (tertiary/aromatic N) is 2. The number of esters is 1. The standard InChI is InChI=1S/C34H34N2O5S/c1-6-40-27-19-22(13-18-26(27)39-5)20-28-32(37)36-31(25-16-14-23(15-17-25)21(3)4)29(33(38)41-7-2)30(35-34(36)42-28)24-11-9-8-10-12-24/h8-21,31H,6-7H2,1-5H3/b28-20-/t31-/m1/s1. The molecular weight excluding hydrogens is 548 g/mol. The van der Waals surface area contributed by atoms with Gasteiger partial charge in [0.1, 0.15) is 0 Å². The predicted octanol–water partition coefficient (Wildman–Crippen LogP) is 5.47. The molecule has 0 radical (unpaired) electrons. The zero-order valence-electron chi connectivity index (χ0n) is 24.4. The van der Waals surface area contributed by atoms with E-state index in [4.69, 9.17) is 19.2 Å². The smallest absolute Gasteiger partial charge is 0.338 e. The Bertz CT molecular complexity index is 1800. The van der Waals surface area contributed by atoms with E-state index in [1.54, 1.807) is 18.6 Å². The summed E-state index contributed by atoms with van der Waals surface area (Å²) in [6.07, 6.45) is 1.82. The molecule has 0 saturated heterocycles. The van der Waals surface area contributed by atoms with Crippen molar-refractivity contribution >= 4 is 29.1 Å². The van der Waals surface area contributed by atoms with Gasteiger partial charge >= 0.3 is 5.97 Å². The molecule has 5 rings (SSSR count). The molecule has 7 nitrogen and oxygen atoms in total. The van der Waals surface area contributed by atoms with Crippen molar-refractivity contribution in [2.75, 3.05) is 20.3 Å². The molecule has 0 spiro atoms. The number of carbonyl (C=O) groups is 1. The molecule has 0 saturated carbocycles. The molecule has 2 heterocycles. The highest BCUT2D eigenvalue weighted by Crippen LogP contribution is 2.35. The number of hydrogen-bond acceptors (Lipinski definition) is 7. The lowest BCUT2D eigenvalue weighted by molar-refractivity contribution is -0.138. The Kier molecular flexibility index (Phi) is 8.73. The third-order valence-electron chi connectivity index (χ3n) is 7.08. The van der Waals surface area contributed by atoms with Crippen molar-refractivity contribution in [3.8, 4) is 11.5 Å². The molecule has 216 valence electrons. The van der Waals surface area contributed by atoms with Crippen LogP contribution in [0.4, 0.5) is 0 Å². The van der Waals surface area contributed by atoms with Crippen molar-refractivity contribution in [2.24, 2.45) is 4.99 Å². The van der Waals surface area contributed by atoms with Gasteiger partial charge in [0.15, 0.2) is 16.3 Å². The Balaban J connectivity index is 1.77. The van der Waals surface area contributed by atoms with Crippen LogP contribution in [-0.2, 0) is 9.53 Å². The minimum atomic E-state index is -0.714. The number of aromatic nitrogens is 1. The van der Waals surface area contributed by atoms with Gasteiger partial charge in [-0.25, -0.2) is 9.79 Å². The van der Waals surface area contributed by atoms with E-state index in [-0.39, 0.29) is 12.2 Å². The van der Waals surface area contributed by atoms with E-state index >= 15 is 0 Å². The predicted molar refractivity (Wildman–Crippen MR) is 166 cm³/mol. The van der Waals surface area contributed by atoms with Crippen LogP contribution < -0.4 is 24.4 Å². The number of methoxy groups -OCH3 is 1. The second kappa shape index (κ2) is 12.6. The van der Waals surface area contributed by atoms with E-state index in [1.165, 1.54) is 16.9 Å². The molecule has 1 atom stereocenters. The molecular formula is C34H34N2O5S. The van der Waals surface area contributed by atoms with Gasteiger partial charge in [0.2, 0.25) is 0 Å². The zero-order chi connectivity index (χ0) is 29.8. The average Bonchev–Trinajstić information content (AvgIpc) is 3.31. The van der Waals surface area contributed by atoms with Crippen LogP contribution in [0.2, 0.25) is 0 Å². The van der Waals surface area contributed by atoms with Gasteiger partial charge in [-0.2, -0.15) is 0 Å². The Hall–Kier alpha value is -4.43. The van der Waals surface area contributed by atoms with E-state index in [9.17, 15) is 9.59 Å². The van der Waals surface area contributed by atoms with Crippen LogP contribution in [-0.4, -0.2) is 30.9 Å². The molecule has 4 aromatic rings. The van der Waals surface area contributed by atoms with Gasteiger partial charge in [-0.3, -0.25) is 9.36 Å². The van der Waals surface area contributed by atoms with Crippen molar-refractivity contribution in [1.29, 1.82) is 0 Å². The van der Waals surface area contributed by atoms with Crippen LogP contribution >= 0.6 is 11.3 Å². The molecule has 8 heteroatoms. The summed E-state index contributed by atoms with van der Waals surface area (Å²) in [6.45, 7) is 8.62. The number of carbonyl (C=O) groups excluding carboxylic acids is 1. The fraction of sp³-hybridized carbons (Fsp3) is 0.265. The first-order valence-electron chi connectivity index (χ1n) is 14.0. The maximum atomic E-state index is 14.1. The molecule has 42 heavy (non-hydrogen) atoms. The lowest BCUT2D eigenvalue weighted by atomic mass is 9.91. The molecule has 1 aliphatic rings. The molecule has 1 aromatic heterocycles. The molecule has 1 aliphatic heterocycles. The van der Waals surface area contributed by atoms with Gasteiger partial charge in [-0.15, -0.1) is 0 Å². The minimum absolute atomic E-state index is 0.202. The van der Waals surface area contributed by atoms with Crippen LogP contribution in [0, 0.1) is 0 Å². The first kappa shape index (κ1) is 29.1.